The highest BCUT2D eigenvalue weighted by Crippen LogP contribution is 2.34. The highest BCUT2D eigenvalue weighted by Gasteiger charge is 2.25. The fraction of sp³-hybridized carbons (Fsp3) is 0.200. The summed E-state index contributed by atoms with van der Waals surface area (Å²) >= 11 is 0. The fourth-order valence-corrected chi connectivity index (χ4v) is 5.57. The van der Waals surface area contributed by atoms with E-state index in [9.17, 15) is 12.8 Å². The summed E-state index contributed by atoms with van der Waals surface area (Å²) in [5.41, 5.74) is 12.8. The van der Waals surface area contributed by atoms with Crippen LogP contribution < -0.4 is 15.4 Å². The zero-order valence-electron chi connectivity index (χ0n) is 23.6. The van der Waals surface area contributed by atoms with Crippen molar-refractivity contribution >= 4 is 32.3 Å². The second-order valence-electron chi connectivity index (χ2n) is 10.6. The predicted octanol–water partition coefficient (Wildman–Crippen LogP) is 3.67. The molecule has 1 aliphatic rings. The molecule has 0 unspecified atom stereocenters. The van der Waals surface area contributed by atoms with E-state index in [2.05, 4.69) is 41.4 Å². The van der Waals surface area contributed by atoms with E-state index in [-0.39, 0.29) is 12.6 Å². The lowest BCUT2D eigenvalue weighted by atomic mass is 9.95. The molecule has 11 nitrogen and oxygen atoms in total. The predicted molar refractivity (Wildman–Crippen MR) is 165 cm³/mol. The number of H-pyrrole nitrogens is 2. The van der Waals surface area contributed by atoms with Crippen LogP contribution in [0.4, 0.5) is 10.2 Å². The molecule has 0 spiro atoms. The number of allylic oxidation sites excluding steroid dienone is 2. The second-order valence-corrected chi connectivity index (χ2v) is 12.4. The normalized spacial score (nSPS) is 14.3. The molecule has 220 valence electrons. The van der Waals surface area contributed by atoms with Crippen molar-refractivity contribution in [1.29, 1.82) is 0 Å². The fourth-order valence-electron chi connectivity index (χ4n) is 5.14. The van der Waals surface area contributed by atoms with Crippen molar-refractivity contribution in [3.63, 3.8) is 0 Å². The van der Waals surface area contributed by atoms with Crippen LogP contribution in [0, 0.1) is 12.7 Å². The molecular formula is C30H30FN9O2S. The monoisotopic (exact) mass is 599 g/mol. The Hall–Kier alpha value is -4.72. The lowest BCUT2D eigenvalue weighted by Gasteiger charge is -2.37. The van der Waals surface area contributed by atoms with Crippen LogP contribution in [0.3, 0.4) is 0 Å². The standard InChI is InChI=1S/C30H30FN9O2S/c1-4-5-22(19-6-18(7-20(31)8-19)11-35-43(3,41)42)23-9-26(36-17(23)2)30-24-10-25(34-13-27(24)38-39-30)28-12-33-14-29(37-28)40-15-21(32)16-40/h4-10,12-14,21,35-36H,1,11,15-16,32H2,2-3H3,(H,38,39)/b22-5-. The van der Waals surface area contributed by atoms with Crippen LogP contribution in [0.1, 0.15) is 22.4 Å². The number of fused-ring (bicyclic) bond motifs is 1. The van der Waals surface area contributed by atoms with E-state index in [1.165, 1.54) is 12.1 Å². The molecule has 0 atom stereocenters. The van der Waals surface area contributed by atoms with Gasteiger partial charge in [-0.2, -0.15) is 5.10 Å². The molecule has 0 amide bonds. The van der Waals surface area contributed by atoms with Crippen molar-refractivity contribution in [2.24, 2.45) is 5.73 Å². The maximum absolute atomic E-state index is 14.7. The van der Waals surface area contributed by atoms with Crippen LogP contribution in [0.2, 0.25) is 0 Å². The van der Waals surface area contributed by atoms with E-state index in [1.807, 2.05) is 19.1 Å². The number of rotatable bonds is 9. The quantitative estimate of drug-likeness (QED) is 0.187. The third kappa shape index (κ3) is 5.95. The Morgan fingerprint density at radius 1 is 1.19 bits per heavy atom. The average molecular weight is 600 g/mol. The van der Waals surface area contributed by atoms with Crippen molar-refractivity contribution in [1.82, 2.24) is 34.9 Å². The van der Waals surface area contributed by atoms with Gasteiger partial charge in [-0.15, -0.1) is 0 Å². The van der Waals surface area contributed by atoms with Crippen molar-refractivity contribution in [3.8, 4) is 22.8 Å². The van der Waals surface area contributed by atoms with Gasteiger partial charge in [-0.1, -0.05) is 18.7 Å². The molecule has 1 aliphatic heterocycles. The van der Waals surface area contributed by atoms with Crippen molar-refractivity contribution in [2.75, 3.05) is 24.2 Å². The summed E-state index contributed by atoms with van der Waals surface area (Å²) in [5.74, 6) is 0.279. The van der Waals surface area contributed by atoms with Crippen LogP contribution in [-0.2, 0) is 16.6 Å². The molecule has 5 heterocycles. The van der Waals surface area contributed by atoms with Gasteiger partial charge in [0.1, 0.15) is 23.0 Å². The number of nitrogens with one attached hydrogen (secondary N) is 3. The summed E-state index contributed by atoms with van der Waals surface area (Å²) in [5, 5.41) is 8.45. The van der Waals surface area contributed by atoms with E-state index in [0.29, 0.717) is 28.2 Å². The van der Waals surface area contributed by atoms with Gasteiger partial charge in [0, 0.05) is 42.3 Å². The van der Waals surface area contributed by atoms with Gasteiger partial charge in [0.2, 0.25) is 10.0 Å². The molecule has 6 rings (SSSR count). The van der Waals surface area contributed by atoms with E-state index in [4.69, 9.17) is 10.7 Å². The molecule has 0 bridgehead atoms. The summed E-state index contributed by atoms with van der Waals surface area (Å²) in [6.07, 6.45) is 9.60. The first kappa shape index (κ1) is 28.4. The molecule has 4 aromatic heterocycles. The van der Waals surface area contributed by atoms with Gasteiger partial charge in [0.15, 0.2) is 0 Å². The SMILES string of the molecule is C=C/C=C(/c1cc(F)cc(CNS(C)(=O)=O)c1)c1cc(-c2n[nH]c3cnc(-c4cncc(N5CC(N)C5)n4)cc23)[nH]c1C. The molecular weight excluding hydrogens is 569 g/mol. The van der Waals surface area contributed by atoms with E-state index in [0.717, 1.165) is 58.6 Å². The van der Waals surface area contributed by atoms with Gasteiger partial charge in [0.05, 0.1) is 41.8 Å². The average Bonchev–Trinajstić information content (AvgIpc) is 3.55. The largest absolute Gasteiger partial charge is 0.357 e. The highest BCUT2D eigenvalue weighted by atomic mass is 32.2. The number of hydrogen-bond donors (Lipinski definition) is 4. The molecule has 0 aliphatic carbocycles. The van der Waals surface area contributed by atoms with Crippen LogP contribution in [0.25, 0.3) is 39.3 Å². The Morgan fingerprint density at radius 2 is 2.00 bits per heavy atom. The number of nitrogens with zero attached hydrogens (tertiary/aromatic N) is 5. The van der Waals surface area contributed by atoms with Crippen LogP contribution in [0.15, 0.2) is 67.7 Å². The lowest BCUT2D eigenvalue weighted by molar-refractivity contribution is 0.514. The zero-order chi connectivity index (χ0) is 30.3. The van der Waals surface area contributed by atoms with Crippen LogP contribution in [-0.4, -0.2) is 63.9 Å². The van der Waals surface area contributed by atoms with Gasteiger partial charge < -0.3 is 15.6 Å². The maximum Gasteiger partial charge on any atom is 0.209 e. The molecule has 13 heteroatoms. The highest BCUT2D eigenvalue weighted by molar-refractivity contribution is 7.88. The Kier molecular flexibility index (Phi) is 7.38. The van der Waals surface area contributed by atoms with Crippen molar-refractivity contribution in [2.45, 2.75) is 19.5 Å². The third-order valence-corrected chi connectivity index (χ3v) is 7.89. The number of aryl methyl sites for hydroxylation is 1. The number of pyridine rings is 1. The Bertz CT molecular complexity index is 1990. The molecule has 0 saturated carbocycles. The minimum absolute atomic E-state index is 0.0309. The molecule has 43 heavy (non-hydrogen) atoms. The number of anilines is 1. The minimum atomic E-state index is -3.44. The molecule has 5 aromatic rings. The molecule has 0 radical (unpaired) electrons. The number of benzene rings is 1. The number of aromatic amines is 2. The summed E-state index contributed by atoms with van der Waals surface area (Å²) in [6.45, 7) is 7.21. The Balaban J connectivity index is 1.36. The summed E-state index contributed by atoms with van der Waals surface area (Å²) < 4.78 is 40.3. The second kappa shape index (κ2) is 11.2. The van der Waals surface area contributed by atoms with Gasteiger partial charge in [-0.05, 0) is 54.0 Å². The van der Waals surface area contributed by atoms with Gasteiger partial charge in [0.25, 0.3) is 0 Å². The van der Waals surface area contributed by atoms with Gasteiger partial charge >= 0.3 is 0 Å². The first-order chi connectivity index (χ1) is 20.6. The van der Waals surface area contributed by atoms with Crippen molar-refractivity contribution in [3.05, 3.63) is 95.9 Å². The Morgan fingerprint density at radius 3 is 2.74 bits per heavy atom. The Labute approximate surface area is 247 Å². The smallest absolute Gasteiger partial charge is 0.209 e. The zero-order valence-corrected chi connectivity index (χ0v) is 24.4. The minimum Gasteiger partial charge on any atom is -0.357 e. The van der Waals surface area contributed by atoms with Gasteiger partial charge in [-0.3, -0.25) is 15.1 Å². The van der Waals surface area contributed by atoms with E-state index in [1.54, 1.807) is 36.8 Å². The molecule has 1 fully saturated rings. The van der Waals surface area contributed by atoms with E-state index < -0.39 is 15.8 Å². The van der Waals surface area contributed by atoms with Crippen LogP contribution in [0.5, 0.6) is 0 Å². The molecule has 1 saturated heterocycles. The summed E-state index contributed by atoms with van der Waals surface area (Å²) in [7, 11) is -3.44. The van der Waals surface area contributed by atoms with Crippen molar-refractivity contribution < 1.29 is 12.8 Å². The number of halogens is 1. The topological polar surface area (TPSA) is 159 Å². The lowest BCUT2D eigenvalue weighted by Crippen LogP contribution is -2.56. The first-order valence-electron chi connectivity index (χ1n) is 13.5. The summed E-state index contributed by atoms with van der Waals surface area (Å²) in [6, 6.07) is 8.50. The summed E-state index contributed by atoms with van der Waals surface area (Å²) in [4.78, 5) is 19.2. The maximum atomic E-state index is 14.7. The number of aromatic nitrogens is 6. The number of nitrogens with two attached hydrogens (primary N) is 1. The van der Waals surface area contributed by atoms with Crippen LogP contribution >= 0.6 is 0 Å². The third-order valence-electron chi connectivity index (χ3n) is 7.22. The molecule has 1 aromatic carbocycles. The van der Waals surface area contributed by atoms with E-state index >= 15 is 0 Å². The van der Waals surface area contributed by atoms with Gasteiger partial charge in [-0.25, -0.2) is 22.5 Å². The first-order valence-corrected chi connectivity index (χ1v) is 15.4. The molecule has 5 N–H and O–H groups in total. The number of sulfonamides is 1. The number of hydrogen-bond acceptors (Lipinski definition) is 8.